The minimum absolute atomic E-state index is 0. The van der Waals surface area contributed by atoms with Gasteiger partial charge < -0.3 is 45.1 Å². The van der Waals surface area contributed by atoms with Gasteiger partial charge in [-0.05, 0) is 91.9 Å². The Labute approximate surface area is 432 Å². The van der Waals surface area contributed by atoms with Gasteiger partial charge in [0.05, 0.1) is 35.6 Å². The molecule has 0 aromatic rings. The molecule has 0 aromatic heterocycles. The van der Waals surface area contributed by atoms with Gasteiger partial charge in [-0.3, -0.25) is 0 Å². The molecule has 0 aliphatic heterocycles. The van der Waals surface area contributed by atoms with Crippen molar-refractivity contribution in [2.75, 3.05) is 13.2 Å². The van der Waals surface area contributed by atoms with Gasteiger partial charge in [0.2, 0.25) is 0 Å². The molecule has 0 N–H and O–H groups in total. The maximum atomic E-state index is 6.11. The fourth-order valence-electron chi connectivity index (χ4n) is 7.14. The molecule has 0 heterocycles. The minimum atomic E-state index is 0. The molecule has 0 spiro atoms. The van der Waals surface area contributed by atoms with Crippen LogP contribution in [0.1, 0.15) is 241 Å². The summed E-state index contributed by atoms with van der Waals surface area (Å²) in [6, 6.07) is 0. The number of hydrogen-bond acceptors (Lipinski definition) is 4. The van der Waals surface area contributed by atoms with Crippen LogP contribution < -0.4 is 0 Å². The zero-order chi connectivity index (χ0) is 40.9. The number of ether oxygens (including phenoxy) is 4. The van der Waals surface area contributed by atoms with Crippen molar-refractivity contribution in [3.05, 3.63) is 19.8 Å². The van der Waals surface area contributed by atoms with E-state index in [2.05, 4.69) is 138 Å². The summed E-state index contributed by atoms with van der Waals surface area (Å²) in [6.45, 7) is 44.2. The molecule has 0 amide bonds. The third kappa shape index (κ3) is 32.8. The fraction of sp³-hybridized carbons (Fsp3) is 0.939. The second-order valence-electron chi connectivity index (χ2n) is 16.6. The Morgan fingerprint density at radius 1 is 0.500 bits per heavy atom. The molecule has 56 heavy (non-hydrogen) atoms. The Balaban J connectivity index is -0.000000124. The van der Waals surface area contributed by atoms with Crippen molar-refractivity contribution in [3.63, 3.8) is 0 Å². The molecular formula is C49H103O4Y3-3. The molecule has 0 saturated heterocycles. The zero-order valence-corrected chi connectivity index (χ0v) is 50.7. The fourth-order valence-corrected chi connectivity index (χ4v) is 7.14. The normalized spacial score (nSPS) is 12.0. The molecule has 0 unspecified atom stereocenters. The van der Waals surface area contributed by atoms with Crippen LogP contribution in [0.3, 0.4) is 0 Å². The summed E-state index contributed by atoms with van der Waals surface area (Å²) in [5.41, 5.74) is 0.913. The van der Waals surface area contributed by atoms with Gasteiger partial charge in [-0.2, -0.15) is 17.3 Å². The quantitative estimate of drug-likeness (QED) is 0.0672. The topological polar surface area (TPSA) is 36.9 Å². The van der Waals surface area contributed by atoms with E-state index in [9.17, 15) is 0 Å². The van der Waals surface area contributed by atoms with Gasteiger partial charge >= 0.3 is 0 Å². The van der Waals surface area contributed by atoms with Crippen LogP contribution in [0.25, 0.3) is 0 Å². The average Bonchev–Trinajstić information content (AvgIpc) is 3.15. The maximum absolute atomic E-state index is 6.11. The van der Waals surface area contributed by atoms with Crippen molar-refractivity contribution in [2.24, 2.45) is 10.8 Å². The smallest absolute Gasteiger partial charge is 0.0702 e. The molecule has 0 atom stereocenters. The van der Waals surface area contributed by atoms with Crippen molar-refractivity contribution < 1.29 is 117 Å². The van der Waals surface area contributed by atoms with Crippen LogP contribution in [0.15, 0.2) is 0 Å². The minimum Gasteiger partial charge on any atom is -0.378 e. The van der Waals surface area contributed by atoms with E-state index >= 15 is 0 Å². The third-order valence-electron chi connectivity index (χ3n) is 12.6. The van der Waals surface area contributed by atoms with Crippen LogP contribution in [0.2, 0.25) is 0 Å². The first-order valence-electron chi connectivity index (χ1n) is 22.8. The molecule has 4 nitrogen and oxygen atoms in total. The number of rotatable bonds is 30. The van der Waals surface area contributed by atoms with Crippen LogP contribution in [-0.2, 0) is 117 Å². The Morgan fingerprint density at radius 3 is 1.04 bits per heavy atom. The summed E-state index contributed by atoms with van der Waals surface area (Å²) >= 11 is 0. The summed E-state index contributed by atoms with van der Waals surface area (Å²) in [7, 11) is 0. The zero-order valence-electron chi connectivity index (χ0n) is 42.2. The van der Waals surface area contributed by atoms with Crippen LogP contribution in [-0.4, -0.2) is 48.8 Å². The Bertz CT molecular complexity index is 714. The molecular weight excluding hydrogens is 919 g/mol. The molecule has 7 heteroatoms. The molecule has 3 radical (unpaired) electrons. The SMILES string of the molecule is CCC(CC)OCCC(CC)(CC)OC(C)C.CCC(CC)OCCC(CC)(CC)OC(C)C.CCC[C-](C[CH-]C(C)(CC)CC)C(C)(CC)CC.[CH3-].[Y].[Y].[Y]. The van der Waals surface area contributed by atoms with Gasteiger partial charge in [-0.25, -0.2) is 0 Å². The second kappa shape index (κ2) is 43.4. The molecule has 0 aliphatic carbocycles. The van der Waals surface area contributed by atoms with E-state index in [-0.39, 0.29) is 117 Å². The molecule has 0 aromatic carbocycles. The van der Waals surface area contributed by atoms with E-state index in [1.54, 1.807) is 5.92 Å². The molecule has 0 fully saturated rings. The van der Waals surface area contributed by atoms with Gasteiger partial charge in [-0.1, -0.05) is 136 Å². The van der Waals surface area contributed by atoms with E-state index in [1.807, 2.05) is 0 Å². The summed E-state index contributed by atoms with van der Waals surface area (Å²) in [5, 5.41) is 0. The Hall–Kier alpha value is 3.15. The van der Waals surface area contributed by atoms with Crippen molar-refractivity contribution >= 4 is 0 Å². The monoisotopic (exact) mass is 1020 g/mol. The van der Waals surface area contributed by atoms with E-state index in [1.165, 1.54) is 44.9 Å². The van der Waals surface area contributed by atoms with Crippen LogP contribution in [0.5, 0.6) is 0 Å². The third-order valence-corrected chi connectivity index (χ3v) is 12.6. The summed E-state index contributed by atoms with van der Waals surface area (Å²) < 4.78 is 24.0. The van der Waals surface area contributed by atoms with Gasteiger partial charge in [-0.15, -0.1) is 0 Å². The van der Waals surface area contributed by atoms with Crippen LogP contribution >= 0.6 is 0 Å². The Morgan fingerprint density at radius 2 is 0.821 bits per heavy atom. The summed E-state index contributed by atoms with van der Waals surface area (Å²) in [5.74, 6) is 1.78. The van der Waals surface area contributed by atoms with E-state index < -0.39 is 0 Å². The van der Waals surface area contributed by atoms with Gasteiger partial charge in [0.25, 0.3) is 0 Å². The molecule has 0 rings (SSSR count). The van der Waals surface area contributed by atoms with Gasteiger partial charge in [0.1, 0.15) is 0 Å². The van der Waals surface area contributed by atoms with Gasteiger partial charge in [0.15, 0.2) is 0 Å². The van der Waals surface area contributed by atoms with E-state index in [0.717, 1.165) is 77.4 Å². The summed E-state index contributed by atoms with van der Waals surface area (Å²) in [6.07, 6.45) is 23.6. The van der Waals surface area contributed by atoms with Crippen molar-refractivity contribution in [2.45, 2.75) is 276 Å². The van der Waals surface area contributed by atoms with Crippen LogP contribution in [0, 0.1) is 30.6 Å². The van der Waals surface area contributed by atoms with Crippen molar-refractivity contribution in [1.82, 2.24) is 0 Å². The predicted molar refractivity (Wildman–Crippen MR) is 240 cm³/mol. The molecule has 0 bridgehead atoms. The Kier molecular flexibility index (Phi) is 57.0. The molecule has 335 valence electrons. The molecule has 0 aliphatic rings. The van der Waals surface area contributed by atoms with E-state index in [0.29, 0.717) is 35.2 Å². The second-order valence-corrected chi connectivity index (χ2v) is 16.6. The van der Waals surface area contributed by atoms with E-state index in [4.69, 9.17) is 18.9 Å². The first kappa shape index (κ1) is 73.5. The first-order chi connectivity index (χ1) is 24.5. The van der Waals surface area contributed by atoms with Crippen LogP contribution in [0.4, 0.5) is 0 Å². The van der Waals surface area contributed by atoms with Gasteiger partial charge in [0, 0.05) is 111 Å². The number of hydrogen-bond donors (Lipinski definition) is 0. The predicted octanol–water partition coefficient (Wildman–Crippen LogP) is 16.2. The largest absolute Gasteiger partial charge is 0.378 e. The maximum Gasteiger partial charge on any atom is 0.0702 e. The summed E-state index contributed by atoms with van der Waals surface area (Å²) in [4.78, 5) is 0. The molecule has 0 saturated carbocycles. The standard InChI is InChI=1S/C18H36.2C15H32O2.CH3.3Y/c1-8-13-16(18(7,11-4)12-5)14-15-17(6,9-2)10-3;2*1-7-14(8-2)16-12-11-15(9-3,10-4)17-13(5)6;;;;/h15H,8-14H2,1-7H3;2*13-14H,7-12H2,1-6H3;1H3;;;/q-2;;;-1;;;. The van der Waals surface area contributed by atoms with Crippen molar-refractivity contribution in [3.8, 4) is 0 Å². The van der Waals surface area contributed by atoms with Crippen molar-refractivity contribution in [1.29, 1.82) is 0 Å². The average molecular weight is 1020 g/mol. The first-order valence-corrected chi connectivity index (χ1v) is 22.8.